The van der Waals surface area contributed by atoms with E-state index in [-0.39, 0.29) is 5.56 Å². The summed E-state index contributed by atoms with van der Waals surface area (Å²) in [7, 11) is 0. The second-order valence-electron chi connectivity index (χ2n) is 3.08. The lowest BCUT2D eigenvalue weighted by Crippen LogP contribution is -2.15. The summed E-state index contributed by atoms with van der Waals surface area (Å²) in [6.07, 6.45) is 2.26. The van der Waals surface area contributed by atoms with Gasteiger partial charge in [0.2, 0.25) is 5.95 Å². The number of fused-ring (bicyclic) bond motifs is 1. The topological polar surface area (TPSA) is 112 Å². The molecule has 0 fully saturated rings. The number of aromatic amines is 2. The van der Waals surface area contributed by atoms with Crippen molar-refractivity contribution in [1.29, 1.82) is 0 Å². The highest BCUT2D eigenvalue weighted by molar-refractivity contribution is 5.69. The van der Waals surface area contributed by atoms with Crippen LogP contribution in [0, 0.1) is 0 Å². The Balaban J connectivity index is 2.25. The normalized spacial score (nSPS) is 10.7. The van der Waals surface area contributed by atoms with Crippen LogP contribution in [0.1, 0.15) is 6.42 Å². The van der Waals surface area contributed by atoms with Gasteiger partial charge < -0.3 is 16.0 Å². The number of hydrogen-bond acceptors (Lipinski definition) is 5. The maximum absolute atomic E-state index is 11.5. The first-order chi connectivity index (χ1) is 7.31. The van der Waals surface area contributed by atoms with Gasteiger partial charge in [0.1, 0.15) is 0 Å². The zero-order valence-electron chi connectivity index (χ0n) is 8.08. The minimum Gasteiger partial charge on any atom is -0.356 e. The van der Waals surface area contributed by atoms with Gasteiger partial charge in [0.25, 0.3) is 5.56 Å². The van der Waals surface area contributed by atoms with Gasteiger partial charge in [-0.1, -0.05) is 0 Å². The first-order valence-electron chi connectivity index (χ1n) is 4.68. The Kier molecular flexibility index (Phi) is 2.64. The van der Waals surface area contributed by atoms with Gasteiger partial charge in [-0.15, -0.1) is 0 Å². The fourth-order valence-corrected chi connectivity index (χ4v) is 1.24. The lowest BCUT2D eigenvalue weighted by molar-refractivity contribution is 0.864. The highest BCUT2D eigenvalue weighted by Gasteiger charge is 2.04. The Bertz CT molecular complexity index is 501. The van der Waals surface area contributed by atoms with Crippen LogP contribution in [0.15, 0.2) is 11.1 Å². The van der Waals surface area contributed by atoms with Crippen molar-refractivity contribution in [2.75, 3.05) is 18.4 Å². The van der Waals surface area contributed by atoms with Gasteiger partial charge in [-0.3, -0.25) is 9.78 Å². The lowest BCUT2D eigenvalue weighted by atomic mass is 10.4. The summed E-state index contributed by atoms with van der Waals surface area (Å²) in [6, 6.07) is 0. The van der Waals surface area contributed by atoms with Gasteiger partial charge >= 0.3 is 0 Å². The molecule has 0 saturated heterocycles. The van der Waals surface area contributed by atoms with Crippen LogP contribution in [-0.2, 0) is 0 Å². The number of anilines is 1. The Hall–Kier alpha value is -1.89. The molecule has 2 aromatic rings. The van der Waals surface area contributed by atoms with Crippen LogP contribution >= 0.6 is 0 Å². The van der Waals surface area contributed by atoms with Gasteiger partial charge in [0.05, 0.1) is 6.33 Å². The highest BCUT2D eigenvalue weighted by atomic mass is 16.1. The van der Waals surface area contributed by atoms with E-state index in [9.17, 15) is 4.79 Å². The molecule has 0 aromatic carbocycles. The van der Waals surface area contributed by atoms with Crippen molar-refractivity contribution < 1.29 is 0 Å². The lowest BCUT2D eigenvalue weighted by Gasteiger charge is -2.02. The monoisotopic (exact) mass is 208 g/mol. The summed E-state index contributed by atoms with van der Waals surface area (Å²) in [5, 5.41) is 2.97. The second kappa shape index (κ2) is 4.09. The summed E-state index contributed by atoms with van der Waals surface area (Å²) in [6.45, 7) is 1.28. The van der Waals surface area contributed by atoms with Crippen molar-refractivity contribution in [3.05, 3.63) is 16.7 Å². The minimum absolute atomic E-state index is 0.229. The van der Waals surface area contributed by atoms with E-state index in [1.807, 2.05) is 0 Å². The van der Waals surface area contributed by atoms with E-state index in [1.165, 1.54) is 6.33 Å². The summed E-state index contributed by atoms with van der Waals surface area (Å²) in [5.41, 5.74) is 5.92. The minimum atomic E-state index is -0.229. The summed E-state index contributed by atoms with van der Waals surface area (Å²) in [5.74, 6) is 0.424. The fourth-order valence-electron chi connectivity index (χ4n) is 1.24. The van der Waals surface area contributed by atoms with Crippen LogP contribution in [0.2, 0.25) is 0 Å². The van der Waals surface area contributed by atoms with E-state index >= 15 is 0 Å². The molecule has 5 N–H and O–H groups in total. The predicted molar refractivity (Wildman–Crippen MR) is 56.7 cm³/mol. The molecule has 0 radical (unpaired) electrons. The zero-order valence-corrected chi connectivity index (χ0v) is 8.08. The van der Waals surface area contributed by atoms with Crippen molar-refractivity contribution in [3.63, 3.8) is 0 Å². The molecule has 0 atom stereocenters. The van der Waals surface area contributed by atoms with Gasteiger partial charge in [-0.2, -0.15) is 4.98 Å². The predicted octanol–water partition coefficient (Wildman–Crippen LogP) is -0.593. The number of nitrogens with two attached hydrogens (primary N) is 1. The number of nitrogens with one attached hydrogen (secondary N) is 3. The molecule has 2 aromatic heterocycles. The van der Waals surface area contributed by atoms with Gasteiger partial charge in [-0.05, 0) is 13.0 Å². The Labute approximate surface area is 85.1 Å². The summed E-state index contributed by atoms with van der Waals surface area (Å²) < 4.78 is 0. The molecule has 2 heterocycles. The molecule has 0 unspecified atom stereocenters. The Morgan fingerprint density at radius 3 is 3.20 bits per heavy atom. The molecule has 0 spiro atoms. The third-order valence-electron chi connectivity index (χ3n) is 1.97. The molecular formula is C8H12N6O. The quantitative estimate of drug-likeness (QED) is 0.501. The first-order valence-corrected chi connectivity index (χ1v) is 4.68. The average Bonchev–Trinajstić information content (AvgIpc) is 2.66. The molecule has 0 aliphatic heterocycles. The largest absolute Gasteiger partial charge is 0.356 e. The maximum atomic E-state index is 11.5. The van der Waals surface area contributed by atoms with Crippen LogP contribution in [-0.4, -0.2) is 33.0 Å². The van der Waals surface area contributed by atoms with Crippen molar-refractivity contribution in [1.82, 2.24) is 19.9 Å². The number of H-pyrrole nitrogens is 2. The SMILES string of the molecule is NCCCNc1nc2nc[nH]c2c(=O)[nH]1. The number of nitrogens with zero attached hydrogens (tertiary/aromatic N) is 2. The highest BCUT2D eigenvalue weighted by Crippen LogP contribution is 2.02. The number of rotatable bonds is 4. The van der Waals surface area contributed by atoms with Crippen molar-refractivity contribution >= 4 is 17.1 Å². The molecule has 0 aliphatic carbocycles. The van der Waals surface area contributed by atoms with E-state index < -0.39 is 0 Å². The molecule has 7 nitrogen and oxygen atoms in total. The third-order valence-corrected chi connectivity index (χ3v) is 1.97. The van der Waals surface area contributed by atoms with Crippen LogP contribution < -0.4 is 16.6 Å². The summed E-state index contributed by atoms with van der Waals surface area (Å²) >= 11 is 0. The van der Waals surface area contributed by atoms with Crippen LogP contribution in [0.5, 0.6) is 0 Å². The molecule has 0 amide bonds. The van der Waals surface area contributed by atoms with E-state index in [0.717, 1.165) is 6.42 Å². The molecule has 15 heavy (non-hydrogen) atoms. The van der Waals surface area contributed by atoms with Crippen molar-refractivity contribution in [2.24, 2.45) is 5.73 Å². The van der Waals surface area contributed by atoms with Crippen LogP contribution in [0.3, 0.4) is 0 Å². The molecular weight excluding hydrogens is 196 g/mol. The second-order valence-corrected chi connectivity index (χ2v) is 3.08. The van der Waals surface area contributed by atoms with Gasteiger partial charge in [0.15, 0.2) is 11.2 Å². The third kappa shape index (κ3) is 1.96. The summed E-state index contributed by atoms with van der Waals surface area (Å²) in [4.78, 5) is 24.8. The molecule has 2 rings (SSSR count). The average molecular weight is 208 g/mol. The van der Waals surface area contributed by atoms with Crippen molar-refractivity contribution in [3.8, 4) is 0 Å². The smallest absolute Gasteiger partial charge is 0.278 e. The maximum Gasteiger partial charge on any atom is 0.278 e. The van der Waals surface area contributed by atoms with Crippen molar-refractivity contribution in [2.45, 2.75) is 6.42 Å². The van der Waals surface area contributed by atoms with E-state index in [0.29, 0.717) is 30.2 Å². The molecule has 0 bridgehead atoms. The Morgan fingerprint density at radius 1 is 1.53 bits per heavy atom. The first kappa shape index (κ1) is 9.66. The standard InChI is InChI=1S/C8H12N6O/c9-2-1-3-10-8-13-6-5(7(15)14-8)11-4-12-6/h4H,1-3,9H2,(H3,10,11,12,13,14,15). The number of imidazole rings is 1. The van der Waals surface area contributed by atoms with Crippen LogP contribution in [0.25, 0.3) is 11.2 Å². The van der Waals surface area contributed by atoms with E-state index in [1.54, 1.807) is 0 Å². The van der Waals surface area contributed by atoms with Crippen LogP contribution in [0.4, 0.5) is 5.95 Å². The van der Waals surface area contributed by atoms with E-state index in [4.69, 9.17) is 5.73 Å². The molecule has 7 heteroatoms. The van der Waals surface area contributed by atoms with Gasteiger partial charge in [-0.25, -0.2) is 4.98 Å². The molecule has 0 saturated carbocycles. The van der Waals surface area contributed by atoms with E-state index in [2.05, 4.69) is 25.3 Å². The molecule has 0 aliphatic rings. The van der Waals surface area contributed by atoms with Gasteiger partial charge in [0, 0.05) is 6.54 Å². The zero-order chi connectivity index (χ0) is 10.7. The number of hydrogen-bond donors (Lipinski definition) is 4. The Morgan fingerprint density at radius 2 is 2.40 bits per heavy atom. The fraction of sp³-hybridized carbons (Fsp3) is 0.375. The molecule has 80 valence electrons. The number of aromatic nitrogens is 4.